The molecule has 3 aromatic carbocycles. The Hall–Kier alpha value is -4.56. The van der Waals surface area contributed by atoms with E-state index in [-0.39, 0.29) is 36.7 Å². The summed E-state index contributed by atoms with van der Waals surface area (Å²) in [6.07, 6.45) is 5.23. The minimum Gasteiger partial charge on any atom is -0.370 e. The minimum absolute atomic E-state index is 0.0321. The molecule has 3 amide bonds. The van der Waals surface area contributed by atoms with Gasteiger partial charge in [-0.15, -0.1) is 0 Å². The zero-order chi connectivity index (χ0) is 30.7. The number of piperidine rings is 1. The molecular weight excluding hydrogens is 550 g/mol. The molecule has 2 heterocycles. The first-order valence-corrected chi connectivity index (χ1v) is 15.5. The molecule has 0 bridgehead atoms. The van der Waals surface area contributed by atoms with Crippen LogP contribution in [0.3, 0.4) is 0 Å². The predicted octanol–water partition coefficient (Wildman–Crippen LogP) is 4.31. The van der Waals surface area contributed by atoms with Crippen LogP contribution in [0.15, 0.2) is 97.2 Å². The van der Waals surface area contributed by atoms with Crippen molar-refractivity contribution in [3.63, 3.8) is 0 Å². The van der Waals surface area contributed by atoms with Gasteiger partial charge in [-0.1, -0.05) is 78.9 Å². The minimum atomic E-state index is -0.704. The Kier molecular flexibility index (Phi) is 10.7. The van der Waals surface area contributed by atoms with E-state index in [1.54, 1.807) is 0 Å². The molecule has 0 radical (unpaired) electrons. The average Bonchev–Trinajstić information content (AvgIpc) is 3.04. The van der Waals surface area contributed by atoms with E-state index in [1.165, 1.54) is 11.1 Å². The lowest BCUT2D eigenvalue weighted by molar-refractivity contribution is -0.140. The van der Waals surface area contributed by atoms with Crippen LogP contribution in [0.4, 0.5) is 0 Å². The number of aromatic nitrogens is 1. The van der Waals surface area contributed by atoms with Crippen LogP contribution in [0.1, 0.15) is 48.8 Å². The van der Waals surface area contributed by atoms with Crippen LogP contribution in [0, 0.1) is 0 Å². The second kappa shape index (κ2) is 15.3. The Morgan fingerprint density at radius 3 is 2.34 bits per heavy atom. The first-order chi connectivity index (χ1) is 21.5. The molecule has 1 aliphatic rings. The number of primary amides is 1. The fourth-order valence-electron chi connectivity index (χ4n) is 6.11. The highest BCUT2D eigenvalue weighted by Gasteiger charge is 2.35. The van der Waals surface area contributed by atoms with Crippen molar-refractivity contribution in [1.82, 2.24) is 20.5 Å². The van der Waals surface area contributed by atoms with E-state index < -0.39 is 11.9 Å². The maximum Gasteiger partial charge on any atom is 0.245 e. The Bertz CT molecular complexity index is 1540. The zero-order valence-corrected chi connectivity index (χ0v) is 25.0. The van der Waals surface area contributed by atoms with Gasteiger partial charge in [-0.2, -0.15) is 0 Å². The van der Waals surface area contributed by atoms with Crippen molar-refractivity contribution in [1.29, 1.82) is 0 Å². The molecule has 1 aromatic heterocycles. The van der Waals surface area contributed by atoms with Crippen LogP contribution in [-0.2, 0) is 33.8 Å². The number of nitrogens with one attached hydrogen (secondary N) is 2. The molecule has 3 atom stereocenters. The molecule has 8 heteroatoms. The number of carbonyl (C=O) groups is 3. The molecular formula is C36H41N5O3. The lowest BCUT2D eigenvalue weighted by Crippen LogP contribution is -2.57. The Balaban J connectivity index is 1.32. The third-order valence-electron chi connectivity index (χ3n) is 8.38. The molecule has 4 aromatic rings. The summed E-state index contributed by atoms with van der Waals surface area (Å²) in [5.41, 5.74) is 9.59. The Morgan fingerprint density at radius 1 is 0.886 bits per heavy atom. The van der Waals surface area contributed by atoms with E-state index in [4.69, 9.17) is 5.73 Å². The van der Waals surface area contributed by atoms with Crippen molar-refractivity contribution in [2.45, 2.75) is 69.6 Å². The molecule has 4 N–H and O–H groups in total. The Labute approximate surface area is 259 Å². The molecule has 1 saturated heterocycles. The number of benzene rings is 3. The van der Waals surface area contributed by atoms with Crippen LogP contribution in [-0.4, -0.2) is 52.3 Å². The molecule has 1 aliphatic heterocycles. The number of amides is 3. The zero-order valence-electron chi connectivity index (χ0n) is 25.0. The van der Waals surface area contributed by atoms with Crippen LogP contribution in [0.2, 0.25) is 0 Å². The predicted molar refractivity (Wildman–Crippen MR) is 172 cm³/mol. The van der Waals surface area contributed by atoms with E-state index in [9.17, 15) is 14.4 Å². The highest BCUT2D eigenvalue weighted by Crippen LogP contribution is 2.24. The van der Waals surface area contributed by atoms with Crippen LogP contribution >= 0.6 is 0 Å². The summed E-state index contributed by atoms with van der Waals surface area (Å²) < 4.78 is 0. The summed E-state index contributed by atoms with van der Waals surface area (Å²) in [7, 11) is 0. The van der Waals surface area contributed by atoms with Crippen molar-refractivity contribution in [2.24, 2.45) is 5.73 Å². The van der Waals surface area contributed by atoms with Gasteiger partial charge in [0.15, 0.2) is 0 Å². The molecule has 0 aliphatic carbocycles. The van der Waals surface area contributed by atoms with Crippen LogP contribution in [0.5, 0.6) is 0 Å². The molecule has 1 fully saturated rings. The van der Waals surface area contributed by atoms with Crippen LogP contribution < -0.4 is 16.4 Å². The molecule has 44 heavy (non-hydrogen) atoms. The third-order valence-corrected chi connectivity index (χ3v) is 8.38. The monoisotopic (exact) mass is 591 g/mol. The van der Waals surface area contributed by atoms with Gasteiger partial charge in [-0.25, -0.2) is 0 Å². The van der Waals surface area contributed by atoms with Gasteiger partial charge in [0.25, 0.3) is 0 Å². The fraction of sp³-hybridized carbons (Fsp3) is 0.333. The number of nitrogens with two attached hydrogens (primary N) is 1. The summed E-state index contributed by atoms with van der Waals surface area (Å²) in [6.45, 7) is 1.31. The number of nitrogens with zero attached hydrogens (tertiary/aromatic N) is 2. The van der Waals surface area contributed by atoms with Crippen molar-refractivity contribution < 1.29 is 14.4 Å². The Morgan fingerprint density at radius 2 is 1.59 bits per heavy atom. The van der Waals surface area contributed by atoms with Crippen molar-refractivity contribution >= 4 is 28.6 Å². The quantitative estimate of drug-likeness (QED) is 0.214. The molecule has 2 unspecified atom stereocenters. The van der Waals surface area contributed by atoms with Gasteiger partial charge in [-0.05, 0) is 54.5 Å². The number of carbonyl (C=O) groups excluding carboxylic acids is 3. The van der Waals surface area contributed by atoms with E-state index >= 15 is 0 Å². The maximum absolute atomic E-state index is 14.3. The second-order valence-electron chi connectivity index (χ2n) is 11.6. The maximum atomic E-state index is 14.3. The largest absolute Gasteiger partial charge is 0.370 e. The normalized spacial score (nSPS) is 17.2. The number of hydrogen-bond donors (Lipinski definition) is 3. The summed E-state index contributed by atoms with van der Waals surface area (Å²) in [6, 6.07) is 29.7. The third kappa shape index (κ3) is 8.51. The summed E-state index contributed by atoms with van der Waals surface area (Å²) in [4.78, 5) is 44.8. The SMILES string of the molecule is NC(=O)CCCC(=O)N[C@@H](Cc1ccccc1)C(=O)N1CCC(NCc2ccnc3ccccc23)CC1Cc1ccccc1. The number of rotatable bonds is 13. The lowest BCUT2D eigenvalue weighted by atomic mass is 9.90. The molecule has 228 valence electrons. The van der Waals surface area contributed by atoms with Gasteiger partial charge in [-0.3, -0.25) is 19.4 Å². The molecule has 0 saturated carbocycles. The van der Waals surface area contributed by atoms with Crippen molar-refractivity contribution in [2.75, 3.05) is 6.54 Å². The van der Waals surface area contributed by atoms with E-state index in [0.29, 0.717) is 19.4 Å². The standard InChI is InChI=1S/C36H41N5O3/c37-34(42)16-9-17-35(43)40-33(23-27-12-5-2-6-13-27)36(44)41-21-19-29(24-30(41)22-26-10-3-1-4-11-26)39-25-28-18-20-38-32-15-8-7-14-31(28)32/h1-8,10-15,18,20,29-30,33,39H,9,16-17,19,21-25H2,(H2,37,42)(H,40,43)/t29?,30?,33-/m0/s1. The van der Waals surface area contributed by atoms with E-state index in [0.717, 1.165) is 42.3 Å². The number of para-hydroxylation sites is 1. The first kappa shape index (κ1) is 30.9. The van der Waals surface area contributed by atoms with Gasteiger partial charge < -0.3 is 21.3 Å². The average molecular weight is 592 g/mol. The smallest absolute Gasteiger partial charge is 0.245 e. The molecule has 5 rings (SSSR count). The van der Waals surface area contributed by atoms with Gasteiger partial charge in [0.05, 0.1) is 5.52 Å². The van der Waals surface area contributed by atoms with Gasteiger partial charge in [0.1, 0.15) is 6.04 Å². The number of likely N-dealkylation sites (tertiary alicyclic amines) is 1. The van der Waals surface area contributed by atoms with Crippen molar-refractivity contribution in [3.05, 3.63) is 114 Å². The highest BCUT2D eigenvalue weighted by molar-refractivity contribution is 5.88. The number of hydrogen-bond acceptors (Lipinski definition) is 5. The number of pyridine rings is 1. The van der Waals surface area contributed by atoms with Crippen molar-refractivity contribution in [3.8, 4) is 0 Å². The highest BCUT2D eigenvalue weighted by atomic mass is 16.2. The fourth-order valence-corrected chi connectivity index (χ4v) is 6.11. The second-order valence-corrected chi connectivity index (χ2v) is 11.6. The van der Waals surface area contributed by atoms with E-state index in [2.05, 4.69) is 39.9 Å². The molecule has 0 spiro atoms. The van der Waals surface area contributed by atoms with Gasteiger partial charge >= 0.3 is 0 Å². The topological polar surface area (TPSA) is 117 Å². The van der Waals surface area contributed by atoms with Gasteiger partial charge in [0.2, 0.25) is 17.7 Å². The summed E-state index contributed by atoms with van der Waals surface area (Å²) >= 11 is 0. The first-order valence-electron chi connectivity index (χ1n) is 15.5. The lowest BCUT2D eigenvalue weighted by Gasteiger charge is -2.41. The van der Waals surface area contributed by atoms with E-state index in [1.807, 2.05) is 77.8 Å². The van der Waals surface area contributed by atoms with Gasteiger partial charge in [0, 0.05) is 56.0 Å². The molecule has 8 nitrogen and oxygen atoms in total. The summed E-state index contributed by atoms with van der Waals surface area (Å²) in [5, 5.41) is 7.90. The number of fused-ring (bicyclic) bond motifs is 1. The van der Waals surface area contributed by atoms with Crippen LogP contribution in [0.25, 0.3) is 10.9 Å². The summed E-state index contributed by atoms with van der Waals surface area (Å²) in [5.74, 6) is -0.759.